The first-order valence-corrected chi connectivity index (χ1v) is 5.62. The Balaban J connectivity index is 2.66. The third-order valence-electron chi connectivity index (χ3n) is 2.25. The standard InChI is InChI=1S/C12H20N2O4/c1-15-11(7-13)17-9-4-3-5-10(6-9)18-12(8-14)16-2/h3-6,11-12H,7-8,13-14H2,1-2H3. The molecule has 0 aliphatic rings. The molecule has 0 spiro atoms. The Morgan fingerprint density at radius 2 is 1.39 bits per heavy atom. The maximum atomic E-state index is 5.50. The number of hydrogen-bond donors (Lipinski definition) is 2. The molecule has 18 heavy (non-hydrogen) atoms. The van der Waals surface area contributed by atoms with Gasteiger partial charge in [0.15, 0.2) is 0 Å². The van der Waals surface area contributed by atoms with Gasteiger partial charge in [0.2, 0.25) is 12.6 Å². The van der Waals surface area contributed by atoms with E-state index >= 15 is 0 Å². The fourth-order valence-electron chi connectivity index (χ4n) is 1.31. The molecule has 6 heteroatoms. The summed E-state index contributed by atoms with van der Waals surface area (Å²) in [7, 11) is 3.07. The number of methoxy groups -OCH3 is 2. The zero-order chi connectivity index (χ0) is 13.4. The Morgan fingerprint density at radius 3 is 1.72 bits per heavy atom. The van der Waals surface area contributed by atoms with Gasteiger partial charge in [-0.05, 0) is 12.1 Å². The molecule has 0 aliphatic heterocycles. The molecule has 0 bridgehead atoms. The first kappa shape index (κ1) is 14.7. The fourth-order valence-corrected chi connectivity index (χ4v) is 1.31. The molecule has 0 fully saturated rings. The second-order valence-electron chi connectivity index (χ2n) is 3.51. The van der Waals surface area contributed by atoms with Crippen molar-refractivity contribution in [2.24, 2.45) is 11.5 Å². The van der Waals surface area contributed by atoms with Crippen molar-refractivity contribution in [3.8, 4) is 11.5 Å². The van der Waals surface area contributed by atoms with E-state index in [4.69, 9.17) is 30.4 Å². The predicted octanol–water partition coefficient (Wildman–Crippen LogP) is 0.307. The second kappa shape index (κ2) is 7.88. The highest BCUT2D eigenvalue weighted by Gasteiger charge is 2.09. The van der Waals surface area contributed by atoms with Crippen LogP contribution in [0.15, 0.2) is 24.3 Å². The molecule has 0 heterocycles. The van der Waals surface area contributed by atoms with Crippen molar-refractivity contribution in [1.82, 2.24) is 0 Å². The van der Waals surface area contributed by atoms with Gasteiger partial charge in [-0.15, -0.1) is 0 Å². The third-order valence-corrected chi connectivity index (χ3v) is 2.25. The summed E-state index contributed by atoms with van der Waals surface area (Å²) >= 11 is 0. The van der Waals surface area contributed by atoms with E-state index in [1.54, 1.807) is 24.3 Å². The lowest BCUT2D eigenvalue weighted by Crippen LogP contribution is -2.29. The first-order valence-electron chi connectivity index (χ1n) is 5.62. The summed E-state index contributed by atoms with van der Waals surface area (Å²) in [5.41, 5.74) is 11.0. The van der Waals surface area contributed by atoms with Crippen molar-refractivity contribution in [3.63, 3.8) is 0 Å². The molecule has 2 unspecified atom stereocenters. The van der Waals surface area contributed by atoms with Crippen molar-refractivity contribution in [2.45, 2.75) is 12.6 Å². The summed E-state index contributed by atoms with van der Waals surface area (Å²) in [6.45, 7) is 0.538. The van der Waals surface area contributed by atoms with E-state index in [0.29, 0.717) is 11.5 Å². The number of hydrogen-bond acceptors (Lipinski definition) is 6. The van der Waals surface area contributed by atoms with E-state index < -0.39 is 12.6 Å². The van der Waals surface area contributed by atoms with Gasteiger partial charge < -0.3 is 30.4 Å². The average Bonchev–Trinajstić information content (AvgIpc) is 2.42. The minimum Gasteiger partial charge on any atom is -0.463 e. The lowest BCUT2D eigenvalue weighted by Gasteiger charge is -2.18. The van der Waals surface area contributed by atoms with Gasteiger partial charge in [-0.2, -0.15) is 0 Å². The number of ether oxygens (including phenoxy) is 4. The SMILES string of the molecule is COC(CN)Oc1cccc(OC(CN)OC)c1. The molecule has 0 aromatic heterocycles. The molecule has 2 atom stereocenters. The molecule has 0 saturated carbocycles. The summed E-state index contributed by atoms with van der Waals surface area (Å²) < 4.78 is 21.1. The summed E-state index contributed by atoms with van der Waals surface area (Å²) in [6.07, 6.45) is -0.957. The maximum Gasteiger partial charge on any atom is 0.211 e. The van der Waals surface area contributed by atoms with E-state index in [2.05, 4.69) is 0 Å². The lowest BCUT2D eigenvalue weighted by molar-refractivity contribution is -0.0496. The number of nitrogens with two attached hydrogens (primary N) is 2. The number of rotatable bonds is 8. The van der Waals surface area contributed by atoms with Gasteiger partial charge >= 0.3 is 0 Å². The van der Waals surface area contributed by atoms with Gasteiger partial charge in [0.1, 0.15) is 11.5 Å². The zero-order valence-electron chi connectivity index (χ0n) is 10.7. The van der Waals surface area contributed by atoms with Gasteiger partial charge in [0.05, 0.1) is 13.1 Å². The maximum absolute atomic E-state index is 5.50. The lowest BCUT2D eigenvalue weighted by atomic mass is 10.3. The smallest absolute Gasteiger partial charge is 0.211 e. The molecule has 0 amide bonds. The topological polar surface area (TPSA) is 89.0 Å². The van der Waals surface area contributed by atoms with Crippen molar-refractivity contribution in [2.75, 3.05) is 27.3 Å². The quantitative estimate of drug-likeness (QED) is 0.651. The average molecular weight is 256 g/mol. The van der Waals surface area contributed by atoms with Crippen LogP contribution >= 0.6 is 0 Å². The minimum atomic E-state index is -0.479. The van der Waals surface area contributed by atoms with Gasteiger partial charge in [0, 0.05) is 20.3 Å². The number of benzene rings is 1. The van der Waals surface area contributed by atoms with E-state index in [1.165, 1.54) is 14.2 Å². The van der Waals surface area contributed by atoms with Crippen molar-refractivity contribution < 1.29 is 18.9 Å². The monoisotopic (exact) mass is 256 g/mol. The van der Waals surface area contributed by atoms with Gasteiger partial charge in [-0.1, -0.05) is 6.07 Å². The van der Waals surface area contributed by atoms with E-state index in [1.807, 2.05) is 0 Å². The summed E-state index contributed by atoms with van der Waals surface area (Å²) in [5.74, 6) is 1.22. The molecular formula is C12H20N2O4. The van der Waals surface area contributed by atoms with Crippen molar-refractivity contribution in [1.29, 1.82) is 0 Å². The largest absolute Gasteiger partial charge is 0.463 e. The molecule has 0 saturated heterocycles. The Morgan fingerprint density at radius 1 is 0.944 bits per heavy atom. The molecule has 0 aliphatic carbocycles. The van der Waals surface area contributed by atoms with Crippen LogP contribution < -0.4 is 20.9 Å². The predicted molar refractivity (Wildman–Crippen MR) is 67.4 cm³/mol. The molecule has 0 radical (unpaired) electrons. The molecule has 4 N–H and O–H groups in total. The van der Waals surface area contributed by atoms with E-state index in [9.17, 15) is 0 Å². The molecule has 1 rings (SSSR count). The van der Waals surface area contributed by atoms with Crippen molar-refractivity contribution in [3.05, 3.63) is 24.3 Å². The normalized spacial score (nSPS) is 14.0. The first-order chi connectivity index (χ1) is 8.73. The highest BCUT2D eigenvalue weighted by Crippen LogP contribution is 2.21. The van der Waals surface area contributed by atoms with Crippen LogP contribution in [0.1, 0.15) is 0 Å². The highest BCUT2D eigenvalue weighted by atomic mass is 16.7. The minimum absolute atomic E-state index is 0.269. The summed E-state index contributed by atoms with van der Waals surface area (Å²) in [4.78, 5) is 0. The Kier molecular flexibility index (Phi) is 6.45. The zero-order valence-corrected chi connectivity index (χ0v) is 10.7. The van der Waals surface area contributed by atoms with Crippen LogP contribution in [-0.2, 0) is 9.47 Å². The summed E-state index contributed by atoms with van der Waals surface area (Å²) in [6, 6.07) is 7.11. The highest BCUT2D eigenvalue weighted by molar-refractivity contribution is 5.33. The van der Waals surface area contributed by atoms with Crippen LogP contribution in [0.3, 0.4) is 0 Å². The Labute approximate surface area is 107 Å². The Hall–Kier alpha value is -1.34. The van der Waals surface area contributed by atoms with Crippen LogP contribution in [0.25, 0.3) is 0 Å². The second-order valence-corrected chi connectivity index (χ2v) is 3.51. The van der Waals surface area contributed by atoms with Gasteiger partial charge in [-0.3, -0.25) is 0 Å². The molecule has 1 aromatic rings. The van der Waals surface area contributed by atoms with Gasteiger partial charge in [-0.25, -0.2) is 0 Å². The Bertz CT molecular complexity index is 311. The van der Waals surface area contributed by atoms with Crippen LogP contribution in [0.2, 0.25) is 0 Å². The van der Waals surface area contributed by atoms with Gasteiger partial charge in [0.25, 0.3) is 0 Å². The van der Waals surface area contributed by atoms with Crippen LogP contribution in [0.4, 0.5) is 0 Å². The van der Waals surface area contributed by atoms with Crippen LogP contribution in [0, 0.1) is 0 Å². The molecule has 102 valence electrons. The van der Waals surface area contributed by atoms with Crippen LogP contribution in [-0.4, -0.2) is 39.9 Å². The third kappa shape index (κ3) is 4.50. The van der Waals surface area contributed by atoms with E-state index in [-0.39, 0.29) is 13.1 Å². The van der Waals surface area contributed by atoms with Crippen LogP contribution in [0.5, 0.6) is 11.5 Å². The van der Waals surface area contributed by atoms with E-state index in [0.717, 1.165) is 0 Å². The fraction of sp³-hybridized carbons (Fsp3) is 0.500. The molecule has 6 nitrogen and oxygen atoms in total. The summed E-state index contributed by atoms with van der Waals surface area (Å²) in [5, 5.41) is 0. The van der Waals surface area contributed by atoms with Crippen molar-refractivity contribution >= 4 is 0 Å². The molecular weight excluding hydrogens is 236 g/mol. The molecule has 1 aromatic carbocycles.